The quantitative estimate of drug-likeness (QED) is 0.151. The third-order valence-corrected chi connectivity index (χ3v) is 14.2. The smallest absolute Gasteiger partial charge is 0.410 e. The van der Waals surface area contributed by atoms with E-state index in [1.165, 1.54) is 0 Å². The van der Waals surface area contributed by atoms with Gasteiger partial charge in [0.15, 0.2) is 0 Å². The summed E-state index contributed by atoms with van der Waals surface area (Å²) in [4.78, 5) is 42.4. The molecular weight excluding hydrogens is 1120 g/mol. The number of halogens is 7. The third-order valence-electron chi connectivity index (χ3n) is 11.1. The summed E-state index contributed by atoms with van der Waals surface area (Å²) < 4.78 is 8.34. The molecule has 1 fully saturated rings. The van der Waals surface area contributed by atoms with Gasteiger partial charge >= 0.3 is 6.09 Å². The molecule has 0 N–H and O–H groups in total. The topological polar surface area (TPSA) is 88.5 Å². The highest BCUT2D eigenvalue weighted by atomic mass is 79.9. The van der Waals surface area contributed by atoms with Crippen molar-refractivity contribution in [3.63, 3.8) is 0 Å². The zero-order chi connectivity index (χ0) is 46.9. The number of piperazine rings is 1. The highest BCUT2D eigenvalue weighted by Crippen LogP contribution is 2.43. The molecule has 2 aliphatic carbocycles. The molecule has 0 spiro atoms. The van der Waals surface area contributed by atoms with Crippen LogP contribution in [0.2, 0.25) is 15.1 Å². The largest absolute Gasteiger partial charge is 0.444 e. The highest BCUT2D eigenvalue weighted by molar-refractivity contribution is 9.15. The van der Waals surface area contributed by atoms with Crippen molar-refractivity contribution < 1.29 is 9.53 Å². The van der Waals surface area contributed by atoms with Crippen LogP contribution in [0.15, 0.2) is 125 Å². The predicted molar refractivity (Wildman–Crippen MR) is 289 cm³/mol. The molecule has 1 aliphatic heterocycles. The van der Waals surface area contributed by atoms with Crippen molar-refractivity contribution in [1.29, 1.82) is 0 Å². The van der Waals surface area contributed by atoms with E-state index in [2.05, 4.69) is 80.9 Å². The average Bonchev–Trinajstić information content (AvgIpc) is 3.54. The monoisotopic (exact) mass is 1160 g/mol. The molecule has 3 aliphatic rings. The van der Waals surface area contributed by atoms with Crippen molar-refractivity contribution in [3.8, 4) is 0 Å². The highest BCUT2D eigenvalue weighted by Gasteiger charge is 2.34. The summed E-state index contributed by atoms with van der Waals surface area (Å²) in [6.45, 7) is 8.38. The van der Waals surface area contributed by atoms with Crippen LogP contribution in [-0.4, -0.2) is 62.6 Å². The zero-order valence-electron chi connectivity index (χ0n) is 35.7. The van der Waals surface area contributed by atoms with E-state index in [4.69, 9.17) is 56.1 Å². The van der Waals surface area contributed by atoms with Gasteiger partial charge in [0, 0.05) is 89.4 Å². The van der Waals surface area contributed by atoms with E-state index in [9.17, 15) is 9.59 Å². The lowest BCUT2D eigenvalue weighted by molar-refractivity contribution is 0.0118. The first-order valence-corrected chi connectivity index (χ1v) is 24.8. The summed E-state index contributed by atoms with van der Waals surface area (Å²) in [6.07, 6.45) is 9.11. The van der Waals surface area contributed by atoms with Crippen LogP contribution >= 0.6 is 94.2 Å². The predicted octanol–water partition coefficient (Wildman–Crippen LogP) is 15.7. The van der Waals surface area contributed by atoms with Crippen molar-refractivity contribution in [1.82, 2.24) is 24.8 Å². The lowest BCUT2D eigenvalue weighted by Gasteiger charge is -2.40. The molecule has 1 amide bonds. The van der Waals surface area contributed by atoms with Gasteiger partial charge in [-0.1, -0.05) is 120 Å². The number of rotatable bonds is 1. The number of pyridine rings is 3. The number of fused-ring (bicyclic) bond motifs is 6. The van der Waals surface area contributed by atoms with E-state index in [0.29, 0.717) is 39.1 Å². The molecule has 7 aromatic rings. The van der Waals surface area contributed by atoms with E-state index in [1.807, 2.05) is 99.8 Å². The molecular formula is C52H44Br3Cl4N5O3. The van der Waals surface area contributed by atoms with Gasteiger partial charge in [-0.25, -0.2) is 4.79 Å². The van der Waals surface area contributed by atoms with Crippen LogP contribution in [0.5, 0.6) is 0 Å². The Balaban J connectivity index is 0.000000156. The van der Waals surface area contributed by atoms with Crippen LogP contribution in [0.25, 0.3) is 42.8 Å². The second kappa shape index (κ2) is 21.6. The van der Waals surface area contributed by atoms with Crippen molar-refractivity contribution in [2.24, 2.45) is 0 Å². The molecule has 15 heteroatoms. The Morgan fingerprint density at radius 2 is 1.21 bits per heavy atom. The molecule has 2 atom stereocenters. The zero-order valence-corrected chi connectivity index (χ0v) is 43.5. The summed E-state index contributed by atoms with van der Waals surface area (Å²) in [5.74, 6) is 0. The number of nitrogens with zero attached hydrogens (tertiary/aromatic N) is 5. The number of hydrogen-bond acceptors (Lipinski definition) is 7. The van der Waals surface area contributed by atoms with E-state index >= 15 is 0 Å². The van der Waals surface area contributed by atoms with E-state index in [-0.39, 0.29) is 30.4 Å². The van der Waals surface area contributed by atoms with Crippen molar-refractivity contribution >= 4 is 143 Å². The average molecular weight is 1170 g/mol. The molecule has 3 aromatic heterocycles. The van der Waals surface area contributed by atoms with Gasteiger partial charge in [-0.3, -0.25) is 24.6 Å². The maximum Gasteiger partial charge on any atom is 0.410 e. The van der Waals surface area contributed by atoms with E-state index < -0.39 is 5.60 Å². The Morgan fingerprint density at radius 1 is 0.672 bits per heavy atom. The fourth-order valence-electron chi connectivity index (χ4n) is 8.03. The van der Waals surface area contributed by atoms with Gasteiger partial charge in [-0.2, -0.15) is 0 Å². The number of carbonyl (C=O) groups is 1. The number of hydrogen-bond donors (Lipinski definition) is 0. The molecule has 0 radical (unpaired) electrons. The van der Waals surface area contributed by atoms with Crippen molar-refractivity contribution in [3.05, 3.63) is 190 Å². The first-order chi connectivity index (χ1) is 31.6. The van der Waals surface area contributed by atoms with Gasteiger partial charge in [-0.15, -0.1) is 11.6 Å². The Morgan fingerprint density at radius 3 is 1.85 bits per heavy atom. The lowest BCUT2D eigenvalue weighted by atomic mass is 9.96. The Labute approximate surface area is 435 Å². The summed E-state index contributed by atoms with van der Waals surface area (Å²) in [6, 6.07) is 30.5. The van der Waals surface area contributed by atoms with E-state index in [0.717, 1.165) is 82.1 Å². The number of aromatic nitrogens is 3. The van der Waals surface area contributed by atoms with Crippen LogP contribution in [0.4, 0.5) is 4.79 Å². The number of ether oxygens (including phenoxy) is 1. The van der Waals surface area contributed by atoms with Gasteiger partial charge in [0.2, 0.25) is 5.43 Å². The SMILES string of the molecule is C.CC(C)(C)OC(=O)N1CCN(C2c3ccc(Cl)cc3C(Br)=Cc3cccnc32)CC1.Clc1ccc2c(c1)C(Br)=Cc1cccnc1C2Cl.O=c1c2ccc(Cl)cc2c(Br)cc2cccnc12. The molecule has 67 heavy (non-hydrogen) atoms. The minimum absolute atomic E-state index is 0. The minimum atomic E-state index is -0.492. The van der Waals surface area contributed by atoms with Gasteiger partial charge in [0.25, 0.3) is 0 Å². The third kappa shape index (κ3) is 11.5. The maximum absolute atomic E-state index is 12.5. The van der Waals surface area contributed by atoms with Crippen LogP contribution in [-0.2, 0) is 4.74 Å². The second-order valence-corrected chi connectivity index (χ2v) is 20.9. The Kier molecular flexibility index (Phi) is 16.4. The first-order valence-electron chi connectivity index (χ1n) is 20.8. The van der Waals surface area contributed by atoms with Gasteiger partial charge in [0.1, 0.15) is 16.5 Å². The number of benzene rings is 3. The fourth-order valence-corrected chi connectivity index (χ4v) is 10.7. The van der Waals surface area contributed by atoms with Crippen molar-refractivity contribution in [2.45, 2.75) is 45.2 Å². The summed E-state index contributed by atoms with van der Waals surface area (Å²) >= 11 is 35.7. The molecule has 344 valence electrons. The maximum atomic E-state index is 12.5. The molecule has 4 heterocycles. The molecule has 1 saturated heterocycles. The molecule has 0 bridgehead atoms. The van der Waals surface area contributed by atoms with Crippen LogP contribution < -0.4 is 5.43 Å². The summed E-state index contributed by atoms with van der Waals surface area (Å²) in [7, 11) is 0. The van der Waals surface area contributed by atoms with Crippen LogP contribution in [0.1, 0.15) is 84.4 Å². The molecule has 10 rings (SSSR count). The number of amides is 1. The minimum Gasteiger partial charge on any atom is -0.444 e. The second-order valence-electron chi connectivity index (χ2n) is 16.6. The van der Waals surface area contributed by atoms with Gasteiger partial charge in [-0.05, 0) is 133 Å². The molecule has 8 nitrogen and oxygen atoms in total. The van der Waals surface area contributed by atoms with Gasteiger partial charge < -0.3 is 9.64 Å². The first kappa shape index (κ1) is 50.7. The number of alkyl halides is 1. The van der Waals surface area contributed by atoms with Crippen molar-refractivity contribution in [2.75, 3.05) is 26.2 Å². The number of carbonyl (C=O) groups excluding carboxylic acids is 1. The summed E-state index contributed by atoms with van der Waals surface area (Å²) in [5, 5.41) is 3.95. The standard InChI is InChI=1S/C23H25BrClN3O2.C14H8BrCl2N.C14H7BrClNO.CH4/c1-23(2,3)30-22(29)28-11-9-27(10-12-28)21-17-7-6-16(25)14-18(17)19(24)13-15-5-4-8-26-20(15)21;15-12-6-8-2-1-5-18-14(8)13(17)10-4-3-9(16)7-11(10)12;15-12-6-8-2-1-5-17-13(8)14(18)10-4-3-9(16)7-11(10)12;/h4-8,13-14,21H,9-12H2,1-3H3;1-7,13H;1-7H;1H4. The Bertz CT molecular complexity index is 3140. The molecule has 4 aromatic carbocycles. The van der Waals surface area contributed by atoms with Gasteiger partial charge in [0.05, 0.1) is 17.4 Å². The summed E-state index contributed by atoms with van der Waals surface area (Å²) in [5.41, 5.74) is 8.15. The lowest BCUT2D eigenvalue weighted by Crippen LogP contribution is -2.51. The van der Waals surface area contributed by atoms with E-state index in [1.54, 1.807) is 35.5 Å². The molecule has 0 saturated carbocycles. The fraction of sp³-hybridized carbons (Fsp3) is 0.212. The Hall–Kier alpha value is -4.17. The molecule has 2 unspecified atom stereocenters. The van der Waals surface area contributed by atoms with Crippen LogP contribution in [0, 0.1) is 0 Å². The van der Waals surface area contributed by atoms with Crippen LogP contribution in [0.3, 0.4) is 0 Å². The normalized spacial score (nSPS) is 16.4.